The van der Waals surface area contributed by atoms with Crippen LogP contribution in [0.3, 0.4) is 0 Å². The van der Waals surface area contributed by atoms with Gasteiger partial charge in [-0.05, 0) is 53.3 Å². The van der Waals surface area contributed by atoms with Crippen molar-refractivity contribution < 1.29 is 0 Å². The lowest BCUT2D eigenvalue weighted by Gasteiger charge is -2.35. The van der Waals surface area contributed by atoms with Gasteiger partial charge in [0.05, 0.1) is 6.04 Å². The second-order valence-corrected chi connectivity index (χ2v) is 7.07. The van der Waals surface area contributed by atoms with Gasteiger partial charge < -0.3 is 5.73 Å². The molecule has 0 aliphatic heterocycles. The standard InChI is InChI=1S/C15H20ClN5/c1-15(2)5-3-4-13(9-15)21-14(18-19-20-21)10-6-11(16)8-12(17)7-10/h6-8,13H,3-5,9,17H2,1-2H3. The molecule has 0 amide bonds. The van der Waals surface area contributed by atoms with Gasteiger partial charge in [0.25, 0.3) is 0 Å². The third kappa shape index (κ3) is 3.02. The smallest absolute Gasteiger partial charge is 0.182 e. The number of aromatic nitrogens is 4. The minimum Gasteiger partial charge on any atom is -0.399 e. The molecule has 112 valence electrons. The van der Waals surface area contributed by atoms with Crippen molar-refractivity contribution in [2.75, 3.05) is 5.73 Å². The van der Waals surface area contributed by atoms with Crippen LogP contribution in [0.2, 0.25) is 5.02 Å². The zero-order valence-corrected chi connectivity index (χ0v) is 13.1. The molecule has 2 N–H and O–H groups in total. The first-order valence-electron chi connectivity index (χ1n) is 7.29. The second-order valence-electron chi connectivity index (χ2n) is 6.63. The third-order valence-corrected chi connectivity index (χ3v) is 4.41. The number of halogens is 1. The summed E-state index contributed by atoms with van der Waals surface area (Å²) in [5.41, 5.74) is 7.70. The summed E-state index contributed by atoms with van der Waals surface area (Å²) in [6.45, 7) is 4.61. The Bertz CT molecular complexity index is 629. The zero-order valence-electron chi connectivity index (χ0n) is 12.4. The fourth-order valence-corrected chi connectivity index (χ4v) is 3.48. The topological polar surface area (TPSA) is 69.6 Å². The molecule has 0 radical (unpaired) electrons. The average Bonchev–Trinajstić information content (AvgIpc) is 2.85. The molecule has 1 atom stereocenters. The molecule has 2 aromatic rings. The molecule has 3 rings (SSSR count). The molecule has 21 heavy (non-hydrogen) atoms. The molecule has 1 aromatic carbocycles. The molecule has 1 heterocycles. The number of hydrogen-bond donors (Lipinski definition) is 1. The lowest BCUT2D eigenvalue weighted by atomic mass is 9.75. The Morgan fingerprint density at radius 2 is 2.14 bits per heavy atom. The van der Waals surface area contributed by atoms with Crippen molar-refractivity contribution in [2.24, 2.45) is 5.41 Å². The quantitative estimate of drug-likeness (QED) is 0.859. The van der Waals surface area contributed by atoms with Gasteiger partial charge in [0.15, 0.2) is 5.82 Å². The molecule has 1 unspecified atom stereocenters. The number of nitrogen functional groups attached to an aromatic ring is 1. The highest BCUT2D eigenvalue weighted by molar-refractivity contribution is 6.31. The Morgan fingerprint density at radius 1 is 1.33 bits per heavy atom. The highest BCUT2D eigenvalue weighted by Crippen LogP contribution is 2.41. The Kier molecular flexibility index (Phi) is 3.61. The molecule has 0 spiro atoms. The summed E-state index contributed by atoms with van der Waals surface area (Å²) in [5, 5.41) is 12.9. The molecule has 0 bridgehead atoms. The minimum absolute atomic E-state index is 0.332. The van der Waals surface area contributed by atoms with Crippen LogP contribution in [0.5, 0.6) is 0 Å². The van der Waals surface area contributed by atoms with Gasteiger partial charge in [-0.1, -0.05) is 31.9 Å². The highest BCUT2D eigenvalue weighted by atomic mass is 35.5. The number of hydrogen-bond acceptors (Lipinski definition) is 4. The molecule has 1 aliphatic rings. The van der Waals surface area contributed by atoms with E-state index in [9.17, 15) is 0 Å². The first-order chi connectivity index (χ1) is 9.94. The fourth-order valence-electron chi connectivity index (χ4n) is 3.24. The Morgan fingerprint density at radius 3 is 2.86 bits per heavy atom. The maximum atomic E-state index is 6.09. The van der Waals surface area contributed by atoms with Crippen molar-refractivity contribution in [3.8, 4) is 11.4 Å². The first-order valence-corrected chi connectivity index (χ1v) is 7.67. The molecular formula is C15H20ClN5. The van der Waals surface area contributed by atoms with Crippen molar-refractivity contribution >= 4 is 17.3 Å². The van der Waals surface area contributed by atoms with Crippen LogP contribution in [0.25, 0.3) is 11.4 Å². The van der Waals surface area contributed by atoms with E-state index in [1.54, 1.807) is 6.07 Å². The monoisotopic (exact) mass is 305 g/mol. The predicted octanol–water partition coefficient (Wildman–Crippen LogP) is 3.72. The lowest BCUT2D eigenvalue weighted by Crippen LogP contribution is -2.26. The van der Waals surface area contributed by atoms with Crippen LogP contribution in [0.1, 0.15) is 45.6 Å². The summed E-state index contributed by atoms with van der Waals surface area (Å²) in [6, 6.07) is 5.78. The molecule has 5 nitrogen and oxygen atoms in total. The van der Waals surface area contributed by atoms with Crippen LogP contribution in [-0.2, 0) is 0 Å². The number of nitrogens with two attached hydrogens (primary N) is 1. The summed E-state index contributed by atoms with van der Waals surface area (Å²) in [7, 11) is 0. The van der Waals surface area contributed by atoms with Crippen LogP contribution >= 0.6 is 11.6 Å². The number of nitrogens with zero attached hydrogens (tertiary/aromatic N) is 4. The van der Waals surface area contributed by atoms with E-state index < -0.39 is 0 Å². The van der Waals surface area contributed by atoms with E-state index in [0.29, 0.717) is 22.2 Å². The van der Waals surface area contributed by atoms with Gasteiger partial charge in [0, 0.05) is 16.3 Å². The average molecular weight is 306 g/mol. The molecule has 1 aromatic heterocycles. The first kappa shape index (κ1) is 14.3. The summed E-state index contributed by atoms with van der Waals surface area (Å²) in [5.74, 6) is 0.743. The van der Waals surface area contributed by atoms with E-state index in [1.807, 2.05) is 16.8 Å². The lowest BCUT2D eigenvalue weighted by molar-refractivity contribution is 0.174. The van der Waals surface area contributed by atoms with Crippen LogP contribution in [-0.4, -0.2) is 20.2 Å². The number of anilines is 1. The number of benzene rings is 1. The van der Waals surface area contributed by atoms with Crippen LogP contribution in [0.4, 0.5) is 5.69 Å². The van der Waals surface area contributed by atoms with E-state index in [-0.39, 0.29) is 0 Å². The summed E-state index contributed by atoms with van der Waals surface area (Å²) >= 11 is 6.09. The van der Waals surface area contributed by atoms with Gasteiger partial charge in [0.1, 0.15) is 0 Å². The summed E-state index contributed by atoms with van der Waals surface area (Å²) < 4.78 is 1.94. The summed E-state index contributed by atoms with van der Waals surface area (Å²) in [6.07, 6.45) is 4.65. The van der Waals surface area contributed by atoms with E-state index in [0.717, 1.165) is 24.2 Å². The molecular weight excluding hydrogens is 286 g/mol. The SMILES string of the molecule is CC1(C)CCCC(n2nnnc2-c2cc(N)cc(Cl)c2)C1. The van der Waals surface area contributed by atoms with Gasteiger partial charge >= 0.3 is 0 Å². The van der Waals surface area contributed by atoms with Crippen molar-refractivity contribution in [3.05, 3.63) is 23.2 Å². The van der Waals surface area contributed by atoms with E-state index in [1.165, 1.54) is 12.8 Å². The van der Waals surface area contributed by atoms with Gasteiger partial charge in [-0.3, -0.25) is 0 Å². The highest BCUT2D eigenvalue weighted by Gasteiger charge is 2.31. The molecule has 1 aliphatic carbocycles. The van der Waals surface area contributed by atoms with Crippen molar-refractivity contribution in [1.29, 1.82) is 0 Å². The van der Waals surface area contributed by atoms with Gasteiger partial charge in [-0.25, -0.2) is 4.68 Å². The van der Waals surface area contributed by atoms with Crippen molar-refractivity contribution in [3.63, 3.8) is 0 Å². The molecule has 1 fully saturated rings. The number of rotatable bonds is 2. The molecule has 1 saturated carbocycles. The zero-order chi connectivity index (χ0) is 15.0. The Hall–Kier alpha value is -1.62. The maximum Gasteiger partial charge on any atom is 0.182 e. The largest absolute Gasteiger partial charge is 0.399 e. The molecule has 6 heteroatoms. The van der Waals surface area contributed by atoms with Gasteiger partial charge in [-0.15, -0.1) is 5.10 Å². The minimum atomic E-state index is 0.332. The van der Waals surface area contributed by atoms with E-state index >= 15 is 0 Å². The van der Waals surface area contributed by atoms with Crippen molar-refractivity contribution in [2.45, 2.75) is 45.6 Å². The van der Waals surface area contributed by atoms with Gasteiger partial charge in [-0.2, -0.15) is 0 Å². The van der Waals surface area contributed by atoms with Gasteiger partial charge in [0.2, 0.25) is 0 Å². The number of tetrazole rings is 1. The fraction of sp³-hybridized carbons (Fsp3) is 0.533. The van der Waals surface area contributed by atoms with Crippen molar-refractivity contribution in [1.82, 2.24) is 20.2 Å². The predicted molar refractivity (Wildman–Crippen MR) is 84.0 cm³/mol. The van der Waals surface area contributed by atoms with Crippen LogP contribution in [0, 0.1) is 5.41 Å². The van der Waals surface area contributed by atoms with Crippen LogP contribution < -0.4 is 5.73 Å². The maximum absolute atomic E-state index is 6.09. The normalized spacial score (nSPS) is 21.4. The molecule has 0 saturated heterocycles. The Labute approximate surface area is 129 Å². The second kappa shape index (κ2) is 5.30. The van der Waals surface area contributed by atoms with E-state index in [4.69, 9.17) is 17.3 Å². The Balaban J connectivity index is 1.97. The van der Waals surface area contributed by atoms with Crippen LogP contribution in [0.15, 0.2) is 18.2 Å². The summed E-state index contributed by atoms with van der Waals surface area (Å²) in [4.78, 5) is 0. The van der Waals surface area contributed by atoms with E-state index in [2.05, 4.69) is 29.4 Å². The third-order valence-electron chi connectivity index (χ3n) is 4.20.